The summed E-state index contributed by atoms with van der Waals surface area (Å²) in [5.41, 5.74) is 1.28. The fourth-order valence-electron chi connectivity index (χ4n) is 2.29. The van der Waals surface area contributed by atoms with Crippen molar-refractivity contribution in [1.29, 1.82) is 0 Å². The molecule has 0 spiro atoms. The summed E-state index contributed by atoms with van der Waals surface area (Å²) in [5.74, 6) is -3.15. The molecule has 1 amide bonds. The van der Waals surface area contributed by atoms with Gasteiger partial charge in [-0.1, -0.05) is 31.5 Å². The Morgan fingerprint density at radius 2 is 1.65 bits per heavy atom. The number of benzene rings is 1. The Balaban J connectivity index is 0.000000703. The summed E-state index contributed by atoms with van der Waals surface area (Å²) < 4.78 is 7.56. The first-order valence-corrected chi connectivity index (χ1v) is 9.82. The second-order valence-corrected chi connectivity index (χ2v) is 6.96. The van der Waals surface area contributed by atoms with E-state index in [9.17, 15) is 4.79 Å². The van der Waals surface area contributed by atoms with Crippen molar-refractivity contribution in [3.63, 3.8) is 0 Å². The minimum Gasteiger partial charge on any atom is -0.478 e. The van der Waals surface area contributed by atoms with E-state index in [1.54, 1.807) is 22.7 Å². The number of para-hydroxylation sites is 1. The number of carbonyl (C=O) groups excluding carboxylic acids is 1. The van der Waals surface area contributed by atoms with Gasteiger partial charge in [0.2, 0.25) is 5.88 Å². The molecule has 0 saturated heterocycles. The fourth-order valence-corrected chi connectivity index (χ4v) is 2.29. The van der Waals surface area contributed by atoms with Crippen LogP contribution in [0.25, 0.3) is 5.69 Å². The average molecular weight is 434 g/mol. The van der Waals surface area contributed by atoms with Crippen molar-refractivity contribution in [2.75, 3.05) is 40.8 Å². The zero-order chi connectivity index (χ0) is 23.4. The Morgan fingerprint density at radius 1 is 1.03 bits per heavy atom. The quantitative estimate of drug-likeness (QED) is 0.452. The number of rotatable bonds is 9. The third-order valence-electron chi connectivity index (χ3n) is 4.06. The topological polar surface area (TPSA) is 125 Å². The highest BCUT2D eigenvalue weighted by atomic mass is 16.5. The van der Waals surface area contributed by atoms with Gasteiger partial charge in [0.1, 0.15) is 0 Å². The third kappa shape index (κ3) is 8.87. The van der Waals surface area contributed by atoms with Crippen LogP contribution in [0, 0.1) is 0 Å². The van der Waals surface area contributed by atoms with Gasteiger partial charge in [0.15, 0.2) is 5.69 Å². The van der Waals surface area contributed by atoms with Gasteiger partial charge in [-0.05, 0) is 32.6 Å². The molecule has 0 atom stereocenters. The van der Waals surface area contributed by atoms with Crippen LogP contribution in [-0.2, 0) is 9.59 Å². The maximum absolute atomic E-state index is 12.7. The zero-order valence-corrected chi connectivity index (χ0v) is 18.3. The molecule has 2 N–H and O–H groups in total. The molecule has 0 fully saturated rings. The molecule has 0 bridgehead atoms. The van der Waals surface area contributed by atoms with Crippen LogP contribution in [0.15, 0.2) is 36.4 Å². The molecule has 0 saturated carbocycles. The average Bonchev–Trinajstić information content (AvgIpc) is 3.16. The van der Waals surface area contributed by atoms with Gasteiger partial charge in [0.05, 0.1) is 12.3 Å². The van der Waals surface area contributed by atoms with E-state index in [1.165, 1.54) is 0 Å². The number of carboxylic acid groups (broad SMARTS) is 2. The summed E-state index contributed by atoms with van der Waals surface area (Å²) in [4.78, 5) is 34.6. The molecule has 2 aromatic rings. The van der Waals surface area contributed by atoms with Gasteiger partial charge < -0.3 is 24.7 Å². The van der Waals surface area contributed by atoms with Gasteiger partial charge in [-0.25, -0.2) is 14.3 Å². The molecule has 0 radical (unpaired) electrons. The van der Waals surface area contributed by atoms with Gasteiger partial charge >= 0.3 is 11.9 Å². The van der Waals surface area contributed by atoms with Gasteiger partial charge in [-0.3, -0.25) is 4.79 Å². The van der Waals surface area contributed by atoms with Crippen LogP contribution in [-0.4, -0.2) is 88.5 Å². The summed E-state index contributed by atoms with van der Waals surface area (Å²) in [6, 6.07) is 11.5. The van der Waals surface area contributed by atoms with Crippen molar-refractivity contribution < 1.29 is 29.3 Å². The first kappa shape index (κ1) is 25.6. The van der Waals surface area contributed by atoms with Crippen molar-refractivity contribution in [1.82, 2.24) is 19.6 Å². The molecule has 170 valence electrons. The smallest absolute Gasteiger partial charge is 0.414 e. The van der Waals surface area contributed by atoms with Crippen LogP contribution < -0.4 is 4.74 Å². The number of ether oxygens (including phenoxy) is 1. The van der Waals surface area contributed by atoms with E-state index in [1.807, 2.05) is 49.3 Å². The molecule has 0 aliphatic carbocycles. The first-order valence-electron chi connectivity index (χ1n) is 9.82. The van der Waals surface area contributed by atoms with E-state index in [2.05, 4.69) is 12.0 Å². The van der Waals surface area contributed by atoms with Gasteiger partial charge in [0, 0.05) is 26.2 Å². The maximum Gasteiger partial charge on any atom is 0.414 e. The molecule has 1 heterocycles. The van der Waals surface area contributed by atoms with Gasteiger partial charge in [-0.2, -0.15) is 5.10 Å². The number of carboxylic acids is 2. The van der Waals surface area contributed by atoms with Crippen LogP contribution in [0.5, 0.6) is 5.88 Å². The summed E-state index contributed by atoms with van der Waals surface area (Å²) >= 11 is 0. The highest BCUT2D eigenvalue weighted by Crippen LogP contribution is 2.20. The number of amides is 1. The lowest BCUT2D eigenvalue weighted by atomic mass is 10.3. The fraction of sp³-hybridized carbons (Fsp3) is 0.429. The Kier molecular flexibility index (Phi) is 10.8. The molecule has 0 aliphatic heterocycles. The molecule has 31 heavy (non-hydrogen) atoms. The van der Waals surface area contributed by atoms with E-state index < -0.39 is 11.9 Å². The van der Waals surface area contributed by atoms with Crippen molar-refractivity contribution in [2.24, 2.45) is 0 Å². The number of unbranched alkanes of at least 4 members (excludes halogenated alkanes) is 1. The second-order valence-electron chi connectivity index (χ2n) is 6.96. The number of aromatic nitrogens is 2. The number of aliphatic carboxylic acids is 2. The van der Waals surface area contributed by atoms with Crippen molar-refractivity contribution in [2.45, 2.75) is 19.8 Å². The summed E-state index contributed by atoms with van der Waals surface area (Å²) in [6.45, 7) is 4.18. The second kappa shape index (κ2) is 13.0. The molecule has 2 rings (SSSR count). The highest BCUT2D eigenvalue weighted by Gasteiger charge is 2.19. The molecule has 1 aromatic heterocycles. The predicted octanol–water partition coefficient (Wildman–Crippen LogP) is 1.84. The molecule has 10 nitrogen and oxygen atoms in total. The standard InChI is InChI=1S/C19H28N4O2.C2H2O4/c1-5-6-14-25-18-15-17(19(24)22(4)13-12-21(2)3)20-23(18)16-10-8-7-9-11-16;3-1(4)2(5)6/h7-11,15H,5-6,12-14H2,1-4H3;(H,3,4)(H,5,6). The lowest BCUT2D eigenvalue weighted by Crippen LogP contribution is -2.33. The largest absolute Gasteiger partial charge is 0.478 e. The van der Waals surface area contributed by atoms with Gasteiger partial charge in [0.25, 0.3) is 5.91 Å². The number of nitrogens with zero attached hydrogens (tertiary/aromatic N) is 4. The molecule has 10 heteroatoms. The third-order valence-corrected chi connectivity index (χ3v) is 4.06. The van der Waals surface area contributed by atoms with E-state index >= 15 is 0 Å². The van der Waals surface area contributed by atoms with E-state index in [4.69, 9.17) is 24.5 Å². The van der Waals surface area contributed by atoms with Crippen molar-refractivity contribution in [3.8, 4) is 11.6 Å². The van der Waals surface area contributed by atoms with Crippen LogP contribution >= 0.6 is 0 Å². The minimum absolute atomic E-state index is 0.100. The molecule has 1 aromatic carbocycles. The Labute approximate surface area is 181 Å². The molecule has 0 unspecified atom stereocenters. The summed E-state index contributed by atoms with van der Waals surface area (Å²) in [5, 5.41) is 19.3. The Hall–Kier alpha value is -3.40. The van der Waals surface area contributed by atoms with Crippen LogP contribution in [0.4, 0.5) is 0 Å². The molecule has 0 aliphatic rings. The van der Waals surface area contributed by atoms with E-state index in [0.29, 0.717) is 24.7 Å². The molecular formula is C21H30N4O6. The van der Waals surface area contributed by atoms with Crippen molar-refractivity contribution >= 4 is 17.8 Å². The monoisotopic (exact) mass is 434 g/mol. The highest BCUT2D eigenvalue weighted by molar-refractivity contribution is 6.27. The lowest BCUT2D eigenvalue weighted by molar-refractivity contribution is -0.159. The van der Waals surface area contributed by atoms with E-state index in [0.717, 1.165) is 25.1 Å². The zero-order valence-electron chi connectivity index (χ0n) is 18.3. The Bertz CT molecular complexity index is 839. The van der Waals surface area contributed by atoms with Crippen molar-refractivity contribution in [3.05, 3.63) is 42.1 Å². The lowest BCUT2D eigenvalue weighted by Gasteiger charge is -2.18. The number of hydrogen-bond donors (Lipinski definition) is 2. The maximum atomic E-state index is 12.7. The summed E-state index contributed by atoms with van der Waals surface area (Å²) in [6.07, 6.45) is 2.02. The number of carbonyl (C=O) groups is 3. The normalized spacial score (nSPS) is 10.2. The minimum atomic E-state index is -1.82. The predicted molar refractivity (Wildman–Crippen MR) is 115 cm³/mol. The Morgan fingerprint density at radius 3 is 2.16 bits per heavy atom. The van der Waals surface area contributed by atoms with Crippen LogP contribution in [0.3, 0.4) is 0 Å². The SMILES string of the molecule is CCCCOc1cc(C(=O)N(C)CCN(C)C)nn1-c1ccccc1.O=C(O)C(=O)O. The molecular weight excluding hydrogens is 404 g/mol. The number of hydrogen-bond acceptors (Lipinski definition) is 6. The van der Waals surface area contributed by atoms with E-state index in [-0.39, 0.29) is 5.91 Å². The van der Waals surface area contributed by atoms with Crippen LogP contribution in [0.2, 0.25) is 0 Å². The van der Waals surface area contributed by atoms with Crippen LogP contribution in [0.1, 0.15) is 30.3 Å². The summed E-state index contributed by atoms with van der Waals surface area (Å²) in [7, 11) is 5.77. The number of likely N-dealkylation sites (N-methyl/N-ethyl adjacent to an activating group) is 2. The first-order chi connectivity index (χ1) is 14.7. The van der Waals surface area contributed by atoms with Gasteiger partial charge in [-0.15, -0.1) is 0 Å².